The summed E-state index contributed by atoms with van der Waals surface area (Å²) in [7, 11) is 0. The Kier molecular flexibility index (Phi) is 4.80. The molecule has 0 aliphatic carbocycles. The van der Waals surface area contributed by atoms with Crippen molar-refractivity contribution in [2.45, 2.75) is 31.2 Å². The van der Waals surface area contributed by atoms with E-state index in [0.29, 0.717) is 37.1 Å². The molecule has 4 rings (SSSR count). The van der Waals surface area contributed by atoms with E-state index in [0.717, 1.165) is 6.07 Å². The Labute approximate surface area is 158 Å². The summed E-state index contributed by atoms with van der Waals surface area (Å²) in [5.41, 5.74) is 0.0940. The molecule has 0 saturated carbocycles. The van der Waals surface area contributed by atoms with Gasteiger partial charge >= 0.3 is 6.18 Å². The van der Waals surface area contributed by atoms with Crippen LogP contribution < -0.4 is 0 Å². The number of aromatic nitrogens is 3. The molecular formula is C19H18F4N4O. The van der Waals surface area contributed by atoms with Gasteiger partial charge in [0.15, 0.2) is 17.7 Å². The molecule has 0 radical (unpaired) electrons. The molecule has 0 spiro atoms. The molecule has 1 unspecified atom stereocenters. The van der Waals surface area contributed by atoms with E-state index in [2.05, 4.69) is 10.2 Å². The van der Waals surface area contributed by atoms with Crippen LogP contribution in [0.15, 0.2) is 42.6 Å². The van der Waals surface area contributed by atoms with Crippen LogP contribution in [0, 0.1) is 5.82 Å². The molecule has 0 amide bonds. The van der Waals surface area contributed by atoms with Gasteiger partial charge < -0.3 is 5.11 Å². The van der Waals surface area contributed by atoms with Crippen LogP contribution in [0.4, 0.5) is 17.6 Å². The lowest BCUT2D eigenvalue weighted by Crippen LogP contribution is -2.37. The second kappa shape index (κ2) is 7.14. The normalized spacial score (nSPS) is 17.9. The van der Waals surface area contributed by atoms with E-state index in [-0.39, 0.29) is 11.7 Å². The van der Waals surface area contributed by atoms with Crippen molar-refractivity contribution in [1.82, 2.24) is 19.5 Å². The number of halogens is 4. The minimum Gasteiger partial charge on any atom is -0.371 e. The quantitative estimate of drug-likeness (QED) is 0.688. The Hall–Kier alpha value is -2.52. The number of aliphatic hydroxyl groups excluding tert-OH is 1. The highest BCUT2D eigenvalue weighted by molar-refractivity contribution is 5.38. The number of nitrogens with zero attached hydrogens (tertiary/aromatic N) is 4. The van der Waals surface area contributed by atoms with E-state index in [1.165, 1.54) is 34.9 Å². The van der Waals surface area contributed by atoms with Crippen molar-refractivity contribution >= 4 is 5.65 Å². The molecule has 1 aromatic carbocycles. The van der Waals surface area contributed by atoms with Gasteiger partial charge in [-0.25, -0.2) is 4.39 Å². The van der Waals surface area contributed by atoms with E-state index in [1.807, 2.05) is 0 Å². The van der Waals surface area contributed by atoms with Crippen molar-refractivity contribution in [2.75, 3.05) is 13.1 Å². The number of pyridine rings is 1. The molecule has 1 fully saturated rings. The van der Waals surface area contributed by atoms with Crippen LogP contribution in [0.1, 0.15) is 41.9 Å². The van der Waals surface area contributed by atoms with Crippen molar-refractivity contribution in [1.29, 1.82) is 0 Å². The third kappa shape index (κ3) is 3.47. The van der Waals surface area contributed by atoms with Crippen LogP contribution in [0.25, 0.3) is 5.65 Å². The molecule has 0 bridgehead atoms. The van der Waals surface area contributed by atoms with Crippen LogP contribution in [0.5, 0.6) is 0 Å². The van der Waals surface area contributed by atoms with E-state index < -0.39 is 23.8 Å². The van der Waals surface area contributed by atoms with Gasteiger partial charge in [0.2, 0.25) is 0 Å². The Balaban J connectivity index is 1.51. The Bertz CT molecular complexity index is 979. The number of alkyl halides is 3. The maximum absolute atomic E-state index is 13.5. The number of piperidine rings is 1. The summed E-state index contributed by atoms with van der Waals surface area (Å²) >= 11 is 0. The molecule has 2 aromatic heterocycles. The first-order chi connectivity index (χ1) is 13.3. The van der Waals surface area contributed by atoms with Gasteiger partial charge in [-0.3, -0.25) is 9.30 Å². The number of hydrogen-bond donors (Lipinski definition) is 1. The van der Waals surface area contributed by atoms with Crippen molar-refractivity contribution in [3.63, 3.8) is 0 Å². The Morgan fingerprint density at radius 2 is 1.75 bits per heavy atom. The van der Waals surface area contributed by atoms with Gasteiger partial charge in [0, 0.05) is 19.3 Å². The Morgan fingerprint density at radius 1 is 1.04 bits per heavy atom. The lowest BCUT2D eigenvalue weighted by atomic mass is 9.86. The number of likely N-dealkylation sites (tertiary alicyclic amines) is 1. The summed E-state index contributed by atoms with van der Waals surface area (Å²) in [6.45, 7) is 0.782. The predicted molar refractivity (Wildman–Crippen MR) is 92.9 cm³/mol. The Morgan fingerprint density at radius 3 is 2.46 bits per heavy atom. The monoisotopic (exact) mass is 394 g/mol. The van der Waals surface area contributed by atoms with Crippen molar-refractivity contribution < 1.29 is 22.7 Å². The zero-order valence-electron chi connectivity index (χ0n) is 14.8. The van der Waals surface area contributed by atoms with Crippen LogP contribution in [-0.2, 0) is 6.18 Å². The summed E-state index contributed by atoms with van der Waals surface area (Å²) in [6, 6.07) is 8.34. The number of aliphatic hydroxyl groups is 1. The standard InChI is InChI=1S/C19H18F4N4O/c20-13-5-6-16-24-25-17(27(16)11-13)18(28)26-9-7-12(8-10-26)14-3-1-2-4-15(14)19(21,22)23/h1-6,11-12,18,28H,7-10H2. The van der Waals surface area contributed by atoms with Crippen LogP contribution in [-0.4, -0.2) is 37.7 Å². The van der Waals surface area contributed by atoms with Gasteiger partial charge in [0.05, 0.1) is 5.56 Å². The fraction of sp³-hybridized carbons (Fsp3) is 0.368. The zero-order chi connectivity index (χ0) is 19.9. The molecule has 3 heterocycles. The van der Waals surface area contributed by atoms with Gasteiger partial charge in [0.1, 0.15) is 5.82 Å². The maximum Gasteiger partial charge on any atom is 0.416 e. The average Bonchev–Trinajstić information content (AvgIpc) is 3.10. The summed E-state index contributed by atoms with van der Waals surface area (Å²) in [6.07, 6.45) is -3.38. The smallest absolute Gasteiger partial charge is 0.371 e. The minimum atomic E-state index is -4.39. The summed E-state index contributed by atoms with van der Waals surface area (Å²) in [5.74, 6) is -0.541. The number of hydrogen-bond acceptors (Lipinski definition) is 4. The molecule has 148 valence electrons. The lowest BCUT2D eigenvalue weighted by Gasteiger charge is -2.35. The molecular weight excluding hydrogens is 376 g/mol. The molecule has 5 nitrogen and oxygen atoms in total. The van der Waals surface area contributed by atoms with E-state index >= 15 is 0 Å². The van der Waals surface area contributed by atoms with Crippen LogP contribution >= 0.6 is 0 Å². The molecule has 1 saturated heterocycles. The third-order valence-corrected chi connectivity index (χ3v) is 5.20. The highest BCUT2D eigenvalue weighted by Crippen LogP contribution is 2.39. The first-order valence-electron chi connectivity index (χ1n) is 8.93. The zero-order valence-corrected chi connectivity index (χ0v) is 14.8. The molecule has 1 aliphatic rings. The number of fused-ring (bicyclic) bond motifs is 1. The van der Waals surface area contributed by atoms with Crippen LogP contribution in [0.3, 0.4) is 0 Å². The van der Waals surface area contributed by atoms with Gasteiger partial charge in [-0.1, -0.05) is 18.2 Å². The second-order valence-corrected chi connectivity index (χ2v) is 6.90. The molecule has 3 aromatic rings. The van der Waals surface area contributed by atoms with Gasteiger partial charge in [-0.15, -0.1) is 10.2 Å². The summed E-state index contributed by atoms with van der Waals surface area (Å²) in [5, 5.41) is 18.5. The molecule has 28 heavy (non-hydrogen) atoms. The third-order valence-electron chi connectivity index (χ3n) is 5.20. The van der Waals surface area contributed by atoms with E-state index in [4.69, 9.17) is 0 Å². The molecule has 9 heteroatoms. The topological polar surface area (TPSA) is 53.7 Å². The number of rotatable bonds is 3. The SMILES string of the molecule is OC(c1nnc2ccc(F)cn12)N1CCC(c2ccccc2C(F)(F)F)CC1. The molecule has 1 atom stereocenters. The van der Waals surface area contributed by atoms with Crippen LogP contribution in [0.2, 0.25) is 0 Å². The van der Waals surface area contributed by atoms with E-state index in [9.17, 15) is 22.7 Å². The van der Waals surface area contributed by atoms with Gasteiger partial charge in [-0.2, -0.15) is 13.2 Å². The van der Waals surface area contributed by atoms with Crippen molar-refractivity contribution in [3.05, 3.63) is 65.4 Å². The average molecular weight is 394 g/mol. The summed E-state index contributed by atoms with van der Waals surface area (Å²) in [4.78, 5) is 1.72. The molecule has 1 N–H and O–H groups in total. The van der Waals surface area contributed by atoms with E-state index in [1.54, 1.807) is 11.0 Å². The highest BCUT2D eigenvalue weighted by atomic mass is 19.4. The molecule has 1 aliphatic heterocycles. The predicted octanol–water partition coefficient (Wildman–Crippen LogP) is 3.76. The van der Waals surface area contributed by atoms with Crippen molar-refractivity contribution in [3.8, 4) is 0 Å². The fourth-order valence-electron chi connectivity index (χ4n) is 3.79. The van der Waals surface area contributed by atoms with Crippen molar-refractivity contribution in [2.24, 2.45) is 0 Å². The van der Waals surface area contributed by atoms with Gasteiger partial charge in [0.25, 0.3) is 0 Å². The first kappa shape index (κ1) is 18.8. The summed E-state index contributed by atoms with van der Waals surface area (Å²) < 4.78 is 54.7. The fourth-order valence-corrected chi connectivity index (χ4v) is 3.79. The maximum atomic E-state index is 13.5. The largest absolute Gasteiger partial charge is 0.416 e. The highest BCUT2D eigenvalue weighted by Gasteiger charge is 2.36. The lowest BCUT2D eigenvalue weighted by molar-refractivity contribution is -0.138. The second-order valence-electron chi connectivity index (χ2n) is 6.90. The first-order valence-corrected chi connectivity index (χ1v) is 8.93. The number of benzene rings is 1. The van der Waals surface area contributed by atoms with Gasteiger partial charge in [-0.05, 0) is 42.5 Å². The minimum absolute atomic E-state index is 0.184.